The van der Waals surface area contributed by atoms with E-state index in [0.717, 1.165) is 32.5 Å². The van der Waals surface area contributed by atoms with Gasteiger partial charge in [-0.1, -0.05) is 0 Å². The predicted molar refractivity (Wildman–Crippen MR) is 111 cm³/mol. The summed E-state index contributed by atoms with van der Waals surface area (Å²) in [4.78, 5) is 30.3. The van der Waals surface area contributed by atoms with Crippen LogP contribution in [0.25, 0.3) is 0 Å². The number of rotatable bonds is 4. The fourth-order valence-corrected chi connectivity index (χ4v) is 6.40. The van der Waals surface area contributed by atoms with Gasteiger partial charge in [0.1, 0.15) is 12.3 Å². The maximum absolute atomic E-state index is 14.8. The molecule has 0 aromatic heterocycles. The summed E-state index contributed by atoms with van der Waals surface area (Å²) in [6.45, 7) is 3.27. The highest BCUT2D eigenvalue weighted by molar-refractivity contribution is 6.21. The number of fused-ring (bicyclic) bond motifs is 2. The lowest BCUT2D eigenvalue weighted by Gasteiger charge is -2.58. The van der Waals surface area contributed by atoms with E-state index in [4.69, 9.17) is 16.3 Å². The molecule has 8 unspecified atom stereocenters. The first kappa shape index (κ1) is 21.6. The van der Waals surface area contributed by atoms with Crippen molar-refractivity contribution >= 4 is 23.3 Å². The number of morpholine rings is 1. The van der Waals surface area contributed by atoms with Gasteiger partial charge in [-0.15, -0.1) is 11.6 Å². The molecule has 1 N–H and O–H groups in total. The van der Waals surface area contributed by atoms with Gasteiger partial charge in [0.25, 0.3) is 5.91 Å². The van der Waals surface area contributed by atoms with Gasteiger partial charge in [-0.3, -0.25) is 9.59 Å². The zero-order chi connectivity index (χ0) is 21.7. The minimum Gasteiger partial charge on any atom is -0.367 e. The van der Waals surface area contributed by atoms with Gasteiger partial charge in [0.2, 0.25) is 0 Å². The van der Waals surface area contributed by atoms with Gasteiger partial charge < -0.3 is 19.9 Å². The van der Waals surface area contributed by atoms with Crippen LogP contribution in [0.15, 0.2) is 11.8 Å². The maximum atomic E-state index is 14.8. The average Bonchev–Trinajstić information content (AvgIpc) is 3.26. The summed E-state index contributed by atoms with van der Waals surface area (Å²) in [7, 11) is 0. The number of hydrogen-bond donors (Lipinski definition) is 1. The Hall–Kier alpha value is -1.25. The molecule has 9 heteroatoms. The summed E-state index contributed by atoms with van der Waals surface area (Å²) >= 11 is 6.32. The Morgan fingerprint density at radius 3 is 2.77 bits per heavy atom. The molecule has 2 saturated heterocycles. The van der Waals surface area contributed by atoms with E-state index < -0.39 is 42.1 Å². The van der Waals surface area contributed by atoms with Crippen LogP contribution in [0.1, 0.15) is 38.5 Å². The Morgan fingerprint density at radius 1 is 1.23 bits per heavy atom. The minimum atomic E-state index is -1.78. The Morgan fingerprint density at radius 2 is 2.00 bits per heavy atom. The molecule has 1 amide bonds. The van der Waals surface area contributed by atoms with Crippen molar-refractivity contribution in [2.75, 3.05) is 26.2 Å². The quantitative estimate of drug-likeness (QED) is 0.516. The van der Waals surface area contributed by atoms with Crippen molar-refractivity contribution in [1.82, 2.24) is 15.1 Å². The Balaban J connectivity index is 1.38. The monoisotopic (exact) mass is 457 g/mol. The third-order valence-corrected chi connectivity index (χ3v) is 8.07. The molecule has 172 valence electrons. The summed E-state index contributed by atoms with van der Waals surface area (Å²) in [6.07, 6.45) is 0.903. The average molecular weight is 458 g/mol. The summed E-state index contributed by atoms with van der Waals surface area (Å²) in [5.74, 6) is -1.59. The molecule has 4 fully saturated rings. The van der Waals surface area contributed by atoms with Gasteiger partial charge in [0.05, 0.1) is 23.8 Å². The van der Waals surface area contributed by atoms with E-state index in [1.165, 1.54) is 12.8 Å². The van der Waals surface area contributed by atoms with Crippen LogP contribution in [0.3, 0.4) is 0 Å². The predicted octanol–water partition coefficient (Wildman–Crippen LogP) is 1.96. The van der Waals surface area contributed by atoms with Crippen molar-refractivity contribution in [2.24, 2.45) is 5.92 Å². The number of halogens is 3. The Bertz CT molecular complexity index is 762. The number of nitrogens with one attached hydrogen (secondary N) is 1. The summed E-state index contributed by atoms with van der Waals surface area (Å²) in [5, 5.41) is 2.79. The van der Waals surface area contributed by atoms with Gasteiger partial charge in [-0.05, 0) is 51.6 Å². The van der Waals surface area contributed by atoms with E-state index in [0.29, 0.717) is 13.0 Å². The summed E-state index contributed by atoms with van der Waals surface area (Å²) in [6, 6.07) is -0.647. The zero-order valence-electron chi connectivity index (χ0n) is 17.5. The Kier molecular flexibility index (Phi) is 5.99. The highest BCUT2D eigenvalue weighted by Gasteiger charge is 2.59. The minimum absolute atomic E-state index is 0.0552. The molecule has 6 nitrogen and oxygen atoms in total. The second-order valence-electron chi connectivity index (χ2n) is 9.57. The normalized spacial score (nSPS) is 42.6. The third kappa shape index (κ3) is 3.89. The van der Waals surface area contributed by atoms with Crippen LogP contribution in [0.2, 0.25) is 0 Å². The molecule has 5 aliphatic rings. The fourth-order valence-electron chi connectivity index (χ4n) is 6.10. The van der Waals surface area contributed by atoms with Gasteiger partial charge in [0, 0.05) is 30.6 Å². The number of likely N-dealkylation sites (tertiary alicyclic amines) is 1. The van der Waals surface area contributed by atoms with E-state index in [-0.39, 0.29) is 29.5 Å². The van der Waals surface area contributed by atoms with Crippen molar-refractivity contribution in [2.45, 2.75) is 80.5 Å². The lowest BCUT2D eigenvalue weighted by atomic mass is 9.71. The topological polar surface area (TPSA) is 61.9 Å². The molecule has 3 aliphatic heterocycles. The molecule has 3 heterocycles. The van der Waals surface area contributed by atoms with Crippen LogP contribution < -0.4 is 5.32 Å². The molecule has 0 bridgehead atoms. The molecule has 5 rings (SSSR count). The van der Waals surface area contributed by atoms with E-state index in [1.54, 1.807) is 6.20 Å². The summed E-state index contributed by atoms with van der Waals surface area (Å²) in [5.41, 5.74) is 0.0552. The first-order chi connectivity index (χ1) is 14.9. The van der Waals surface area contributed by atoms with Crippen LogP contribution in [-0.2, 0) is 14.3 Å². The lowest BCUT2D eigenvalue weighted by molar-refractivity contribution is -0.209. The van der Waals surface area contributed by atoms with Crippen LogP contribution in [-0.4, -0.2) is 89.7 Å². The van der Waals surface area contributed by atoms with Gasteiger partial charge >= 0.3 is 0 Å². The first-order valence-electron chi connectivity index (χ1n) is 11.6. The Labute approximate surface area is 186 Å². The molecular weight excluding hydrogens is 428 g/mol. The van der Waals surface area contributed by atoms with E-state index in [2.05, 4.69) is 10.2 Å². The molecule has 0 aromatic rings. The number of ether oxygens (including phenoxy) is 1. The first-order valence-corrected chi connectivity index (χ1v) is 12.0. The molecule has 2 saturated carbocycles. The molecule has 31 heavy (non-hydrogen) atoms. The van der Waals surface area contributed by atoms with Crippen LogP contribution in [0, 0.1) is 5.92 Å². The second kappa shape index (κ2) is 8.60. The number of ketones is 1. The molecular formula is C22H30ClF2N3O3. The van der Waals surface area contributed by atoms with Crippen LogP contribution in [0.4, 0.5) is 8.78 Å². The number of alkyl halides is 3. The lowest BCUT2D eigenvalue weighted by Crippen LogP contribution is -2.70. The van der Waals surface area contributed by atoms with E-state index in [9.17, 15) is 18.4 Å². The van der Waals surface area contributed by atoms with Gasteiger partial charge in [-0.25, -0.2) is 8.78 Å². The van der Waals surface area contributed by atoms with Crippen LogP contribution in [0.5, 0.6) is 0 Å². The SMILES string of the molecule is O=C(NCCN1CCCC1)C1=CN2C3CCC(Cl)CC3OC3C(F)C(F)CC(C1=O)C32. The number of carbonyl (C=O) groups is 2. The molecule has 0 radical (unpaired) electrons. The van der Waals surface area contributed by atoms with Gasteiger partial charge in [0.15, 0.2) is 12.0 Å². The van der Waals surface area contributed by atoms with Crippen molar-refractivity contribution in [3.05, 3.63) is 11.8 Å². The number of amides is 1. The highest BCUT2D eigenvalue weighted by atomic mass is 35.5. The standard InChI is InChI=1S/C22H30ClF2N3O3/c23-12-3-4-16-17(9-12)31-21-18(25)15(24)10-13-19(21)28(16)11-14(20(13)29)22(30)26-5-8-27-6-1-2-7-27/h11-13,15-19,21H,1-10H2,(H,26,30). The smallest absolute Gasteiger partial charge is 0.256 e. The molecule has 0 spiro atoms. The van der Waals surface area contributed by atoms with Crippen molar-refractivity contribution in [3.63, 3.8) is 0 Å². The molecule has 8 atom stereocenters. The zero-order valence-corrected chi connectivity index (χ0v) is 18.3. The number of carbonyl (C=O) groups excluding carboxylic acids is 2. The fraction of sp³-hybridized carbons (Fsp3) is 0.818. The third-order valence-electron chi connectivity index (χ3n) is 7.68. The van der Waals surface area contributed by atoms with E-state index >= 15 is 0 Å². The largest absolute Gasteiger partial charge is 0.367 e. The molecule has 0 aromatic carbocycles. The summed E-state index contributed by atoms with van der Waals surface area (Å²) < 4.78 is 35.4. The van der Waals surface area contributed by atoms with Crippen molar-refractivity contribution < 1.29 is 23.1 Å². The highest BCUT2D eigenvalue weighted by Crippen LogP contribution is 2.46. The second-order valence-corrected chi connectivity index (χ2v) is 10.2. The van der Waals surface area contributed by atoms with Crippen LogP contribution >= 0.6 is 11.6 Å². The molecule has 2 aliphatic carbocycles. The number of nitrogens with zero attached hydrogens (tertiary/aromatic N) is 2. The van der Waals surface area contributed by atoms with E-state index in [1.807, 2.05) is 4.90 Å². The maximum Gasteiger partial charge on any atom is 0.256 e. The number of hydrogen-bond acceptors (Lipinski definition) is 5. The van der Waals surface area contributed by atoms with Crippen molar-refractivity contribution in [1.29, 1.82) is 0 Å². The number of Topliss-reactive ketones (excluding diaryl/α,β-unsaturated/α-hetero) is 1. The van der Waals surface area contributed by atoms with Gasteiger partial charge in [-0.2, -0.15) is 0 Å². The van der Waals surface area contributed by atoms with Crippen molar-refractivity contribution in [3.8, 4) is 0 Å².